The lowest BCUT2D eigenvalue weighted by atomic mass is 10.1. The first-order valence-electron chi connectivity index (χ1n) is 4.92. The van der Waals surface area contributed by atoms with Gasteiger partial charge in [-0.2, -0.15) is 0 Å². The Bertz CT molecular complexity index is 445. The molecular weight excluding hydrogens is 240 g/mol. The summed E-state index contributed by atoms with van der Waals surface area (Å²) in [6, 6.07) is 4.30. The molecule has 0 bridgehead atoms. The number of benzene rings is 1. The van der Waals surface area contributed by atoms with E-state index in [1.54, 1.807) is 20.0 Å². The monoisotopic (exact) mass is 254 g/mol. The Kier molecular flexibility index (Phi) is 6.72. The predicted molar refractivity (Wildman–Crippen MR) is 64.3 cm³/mol. The number of amides is 1. The number of hydrogen-bond acceptors (Lipinski definition) is 5. The highest BCUT2D eigenvalue weighted by atomic mass is 16.6. The first kappa shape index (κ1) is 15.6. The van der Waals surface area contributed by atoms with Crippen molar-refractivity contribution in [2.45, 2.75) is 6.92 Å². The summed E-state index contributed by atoms with van der Waals surface area (Å²) < 4.78 is 4.44. The van der Waals surface area contributed by atoms with Gasteiger partial charge in [0.2, 0.25) is 6.41 Å². The van der Waals surface area contributed by atoms with Crippen molar-refractivity contribution in [2.75, 3.05) is 14.2 Å². The van der Waals surface area contributed by atoms with Crippen LogP contribution in [0.3, 0.4) is 0 Å². The molecule has 0 aliphatic carbocycles. The van der Waals surface area contributed by atoms with E-state index in [4.69, 9.17) is 4.79 Å². The van der Waals surface area contributed by atoms with E-state index in [9.17, 15) is 14.9 Å². The summed E-state index contributed by atoms with van der Waals surface area (Å²) in [6.45, 7) is 1.75. The normalized spacial score (nSPS) is 8.61. The van der Waals surface area contributed by atoms with Crippen LogP contribution in [0.25, 0.3) is 0 Å². The number of aryl methyl sites for hydroxylation is 1. The molecule has 1 amide bonds. The Morgan fingerprint density at radius 2 is 2.06 bits per heavy atom. The molecule has 0 fully saturated rings. The lowest BCUT2D eigenvalue weighted by Crippen LogP contribution is -2.05. The van der Waals surface area contributed by atoms with Gasteiger partial charge in [0.1, 0.15) is 5.56 Å². The van der Waals surface area contributed by atoms with Crippen LogP contribution in [0.1, 0.15) is 15.9 Å². The topological polar surface area (TPSA) is 98.5 Å². The van der Waals surface area contributed by atoms with Crippen LogP contribution in [-0.4, -0.2) is 31.5 Å². The summed E-state index contributed by atoms with van der Waals surface area (Å²) in [6.07, 6.45) is 0.625. The predicted octanol–water partition coefficient (Wildman–Crippen LogP) is 1.05. The second-order valence-electron chi connectivity index (χ2n) is 3.18. The van der Waals surface area contributed by atoms with Gasteiger partial charge in [-0.15, -0.1) is 0 Å². The van der Waals surface area contributed by atoms with Crippen molar-refractivity contribution >= 4 is 18.1 Å². The summed E-state index contributed by atoms with van der Waals surface area (Å²) >= 11 is 0. The number of ether oxygens (including phenoxy) is 1. The SMILES string of the molecule is CNC=O.COC(=O)c1cc(C)ccc1[N+](=O)[O-]. The highest BCUT2D eigenvalue weighted by Crippen LogP contribution is 2.20. The highest BCUT2D eigenvalue weighted by molar-refractivity contribution is 5.94. The summed E-state index contributed by atoms with van der Waals surface area (Å²) in [5.74, 6) is -0.694. The molecule has 98 valence electrons. The molecule has 0 aliphatic heterocycles. The molecule has 0 aromatic heterocycles. The van der Waals surface area contributed by atoms with E-state index in [0.717, 1.165) is 5.56 Å². The molecule has 0 saturated heterocycles. The first-order valence-corrected chi connectivity index (χ1v) is 4.92. The van der Waals surface area contributed by atoms with E-state index in [1.165, 1.54) is 19.2 Å². The van der Waals surface area contributed by atoms with Crippen LogP contribution in [0.15, 0.2) is 18.2 Å². The van der Waals surface area contributed by atoms with Gasteiger partial charge in [0.15, 0.2) is 0 Å². The number of esters is 1. The molecule has 0 saturated carbocycles. The molecule has 1 N–H and O–H groups in total. The van der Waals surface area contributed by atoms with Gasteiger partial charge in [0.05, 0.1) is 12.0 Å². The Hall–Kier alpha value is -2.44. The van der Waals surface area contributed by atoms with Crippen LogP contribution in [0, 0.1) is 17.0 Å². The number of carbonyl (C=O) groups is 2. The molecule has 1 rings (SSSR count). The Morgan fingerprint density at radius 3 is 2.44 bits per heavy atom. The molecule has 0 radical (unpaired) electrons. The smallest absolute Gasteiger partial charge is 0.344 e. The maximum atomic E-state index is 11.2. The second kappa shape index (κ2) is 7.77. The highest BCUT2D eigenvalue weighted by Gasteiger charge is 2.20. The van der Waals surface area contributed by atoms with Gasteiger partial charge in [0, 0.05) is 13.1 Å². The maximum Gasteiger partial charge on any atom is 0.344 e. The Balaban J connectivity index is 0.000000631. The van der Waals surface area contributed by atoms with E-state index < -0.39 is 10.9 Å². The zero-order valence-electron chi connectivity index (χ0n) is 10.3. The third-order valence-electron chi connectivity index (χ3n) is 1.87. The second-order valence-corrected chi connectivity index (χ2v) is 3.18. The van der Waals surface area contributed by atoms with Gasteiger partial charge in [-0.05, 0) is 18.6 Å². The van der Waals surface area contributed by atoms with Crippen molar-refractivity contribution in [3.05, 3.63) is 39.4 Å². The van der Waals surface area contributed by atoms with Crippen molar-refractivity contribution in [2.24, 2.45) is 0 Å². The molecule has 1 aromatic rings. The minimum atomic E-state index is -0.694. The van der Waals surface area contributed by atoms with Gasteiger partial charge in [-0.1, -0.05) is 6.07 Å². The molecule has 0 spiro atoms. The van der Waals surface area contributed by atoms with Crippen LogP contribution in [-0.2, 0) is 9.53 Å². The minimum Gasteiger partial charge on any atom is -0.465 e. The number of rotatable bonds is 3. The minimum absolute atomic E-state index is 0.0162. The first-order chi connectivity index (χ1) is 8.47. The number of nitro groups is 1. The number of hydrogen-bond donors (Lipinski definition) is 1. The zero-order chi connectivity index (χ0) is 14.1. The quantitative estimate of drug-likeness (QED) is 0.376. The molecular formula is C11H14N2O5. The Labute approximate surface area is 104 Å². The average molecular weight is 254 g/mol. The summed E-state index contributed by atoms with van der Waals surface area (Å²) in [4.78, 5) is 30.2. The lowest BCUT2D eigenvalue weighted by molar-refractivity contribution is -0.385. The number of carbonyl (C=O) groups excluding carboxylic acids is 2. The van der Waals surface area contributed by atoms with Crippen molar-refractivity contribution in [1.82, 2.24) is 5.32 Å². The van der Waals surface area contributed by atoms with Crippen molar-refractivity contribution < 1.29 is 19.2 Å². The fraction of sp³-hybridized carbons (Fsp3) is 0.273. The summed E-state index contributed by atoms with van der Waals surface area (Å²) in [7, 11) is 2.75. The van der Waals surface area contributed by atoms with Crippen LogP contribution in [0.2, 0.25) is 0 Å². The Morgan fingerprint density at radius 1 is 1.50 bits per heavy atom. The van der Waals surface area contributed by atoms with Crippen molar-refractivity contribution in [3.8, 4) is 0 Å². The number of nitro benzene ring substituents is 1. The van der Waals surface area contributed by atoms with E-state index in [1.807, 2.05) is 0 Å². The van der Waals surface area contributed by atoms with Crippen LogP contribution in [0.4, 0.5) is 5.69 Å². The van der Waals surface area contributed by atoms with Crippen molar-refractivity contribution in [1.29, 1.82) is 0 Å². The van der Waals surface area contributed by atoms with Crippen LogP contribution < -0.4 is 5.32 Å². The largest absolute Gasteiger partial charge is 0.465 e. The summed E-state index contributed by atoms with van der Waals surface area (Å²) in [5, 5.41) is 12.8. The van der Waals surface area contributed by atoms with Gasteiger partial charge >= 0.3 is 5.97 Å². The molecule has 0 aliphatic rings. The third kappa shape index (κ3) is 4.60. The number of nitrogens with one attached hydrogen (secondary N) is 1. The molecule has 7 nitrogen and oxygen atoms in total. The van der Waals surface area contributed by atoms with E-state index >= 15 is 0 Å². The molecule has 0 atom stereocenters. The van der Waals surface area contributed by atoms with E-state index in [2.05, 4.69) is 10.1 Å². The maximum absolute atomic E-state index is 11.2. The van der Waals surface area contributed by atoms with E-state index in [-0.39, 0.29) is 11.3 Å². The average Bonchev–Trinajstić information content (AvgIpc) is 2.37. The van der Waals surface area contributed by atoms with Gasteiger partial charge < -0.3 is 10.1 Å². The molecule has 0 heterocycles. The van der Waals surface area contributed by atoms with Crippen molar-refractivity contribution in [3.63, 3.8) is 0 Å². The molecule has 7 heteroatoms. The summed E-state index contributed by atoms with van der Waals surface area (Å²) in [5.41, 5.74) is 0.524. The number of methoxy groups -OCH3 is 1. The molecule has 0 unspecified atom stereocenters. The lowest BCUT2D eigenvalue weighted by Gasteiger charge is -2.01. The molecule has 1 aromatic carbocycles. The van der Waals surface area contributed by atoms with Crippen LogP contribution >= 0.6 is 0 Å². The fourth-order valence-electron chi connectivity index (χ4n) is 1.08. The van der Waals surface area contributed by atoms with Gasteiger partial charge in [0.25, 0.3) is 5.69 Å². The standard InChI is InChI=1S/C9H9NO4.C2H5NO/c1-6-3-4-8(10(12)13)7(5-6)9(11)14-2;1-3-2-4/h3-5H,1-2H3;2H,1H3,(H,3,4). The number of nitrogens with zero attached hydrogens (tertiary/aromatic N) is 1. The van der Waals surface area contributed by atoms with E-state index in [0.29, 0.717) is 6.41 Å². The van der Waals surface area contributed by atoms with Gasteiger partial charge in [-0.3, -0.25) is 14.9 Å². The van der Waals surface area contributed by atoms with Gasteiger partial charge in [-0.25, -0.2) is 4.79 Å². The third-order valence-corrected chi connectivity index (χ3v) is 1.87. The van der Waals surface area contributed by atoms with Crippen LogP contribution in [0.5, 0.6) is 0 Å². The molecule has 18 heavy (non-hydrogen) atoms. The zero-order valence-corrected chi connectivity index (χ0v) is 10.3. The fourth-order valence-corrected chi connectivity index (χ4v) is 1.08.